The van der Waals surface area contributed by atoms with E-state index in [0.29, 0.717) is 0 Å². The van der Waals surface area contributed by atoms with Crippen LogP contribution in [0.5, 0.6) is 0 Å². The monoisotopic (exact) mass is 302 g/mol. The van der Waals surface area contributed by atoms with Crippen molar-refractivity contribution in [1.82, 2.24) is 4.98 Å². The minimum Gasteiger partial charge on any atom is -0.249 e. The Morgan fingerprint density at radius 2 is 1.95 bits per heavy atom. The molecule has 21 heavy (non-hydrogen) atoms. The molecule has 2 nitrogen and oxygen atoms in total. The third kappa shape index (κ3) is 3.80. The van der Waals surface area contributed by atoms with Gasteiger partial charge in [0.25, 0.3) is 0 Å². The average Bonchev–Trinajstić information content (AvgIpc) is 2.54. The normalized spacial score (nSPS) is 29.0. The first kappa shape index (κ1) is 16.4. The largest absolute Gasteiger partial charge is 0.249 e. The first-order valence-corrected chi connectivity index (χ1v) is 9.02. The van der Waals surface area contributed by atoms with Crippen LogP contribution in [0.2, 0.25) is 0 Å². The molecule has 1 aliphatic carbocycles. The average molecular weight is 302 g/mol. The third-order valence-corrected chi connectivity index (χ3v) is 6.57. The van der Waals surface area contributed by atoms with Gasteiger partial charge in [0.15, 0.2) is 0 Å². The molecule has 1 aliphatic rings. The Morgan fingerprint density at radius 3 is 2.48 bits per heavy atom. The summed E-state index contributed by atoms with van der Waals surface area (Å²) in [6.07, 6.45) is 9.42. The lowest BCUT2D eigenvalue weighted by atomic mass is 9.72. The molecule has 2 rings (SSSR count). The van der Waals surface area contributed by atoms with Gasteiger partial charge in [0, 0.05) is 10.9 Å². The van der Waals surface area contributed by atoms with Crippen LogP contribution in [-0.4, -0.2) is 9.73 Å². The van der Waals surface area contributed by atoms with Gasteiger partial charge in [-0.05, 0) is 49.7 Å². The molecular weight excluding hydrogens is 276 g/mol. The summed E-state index contributed by atoms with van der Waals surface area (Å²) in [5, 5.41) is 10.2. The molecule has 0 saturated heterocycles. The van der Waals surface area contributed by atoms with E-state index in [0.717, 1.165) is 28.8 Å². The number of hydrogen-bond acceptors (Lipinski definition) is 3. The first-order valence-electron chi connectivity index (χ1n) is 8.20. The van der Waals surface area contributed by atoms with Crippen molar-refractivity contribution in [2.24, 2.45) is 11.8 Å². The number of nitrogens with zero attached hydrogens (tertiary/aromatic N) is 2. The van der Waals surface area contributed by atoms with Crippen molar-refractivity contribution < 1.29 is 0 Å². The minimum absolute atomic E-state index is 0.263. The highest BCUT2D eigenvalue weighted by molar-refractivity contribution is 8.00. The van der Waals surface area contributed by atoms with Crippen molar-refractivity contribution in [2.45, 2.75) is 69.1 Å². The fraction of sp³-hybridized carbons (Fsp3) is 0.667. The zero-order valence-corrected chi connectivity index (χ0v) is 14.2. The Morgan fingerprint density at radius 1 is 1.29 bits per heavy atom. The van der Waals surface area contributed by atoms with Gasteiger partial charge in [-0.25, -0.2) is 4.98 Å². The highest BCUT2D eigenvalue weighted by Gasteiger charge is 2.39. The number of thioether (sulfide) groups is 1. The molecular formula is C18H26N2S. The van der Waals surface area contributed by atoms with E-state index in [2.05, 4.69) is 31.8 Å². The molecule has 0 aliphatic heterocycles. The van der Waals surface area contributed by atoms with Crippen LogP contribution in [0.1, 0.15) is 64.9 Å². The summed E-state index contributed by atoms with van der Waals surface area (Å²) in [5.74, 6) is 1.65. The van der Waals surface area contributed by atoms with E-state index in [1.54, 1.807) is 0 Å². The summed E-state index contributed by atoms with van der Waals surface area (Å²) >= 11 is 1.87. The number of pyridine rings is 1. The molecule has 0 amide bonds. The second-order valence-electron chi connectivity index (χ2n) is 6.30. The summed E-state index contributed by atoms with van der Waals surface area (Å²) in [6.45, 7) is 6.93. The quantitative estimate of drug-likeness (QED) is 0.727. The fourth-order valence-electron chi connectivity index (χ4n) is 3.60. The van der Waals surface area contributed by atoms with E-state index in [1.165, 1.54) is 32.1 Å². The summed E-state index contributed by atoms with van der Waals surface area (Å²) in [4.78, 5) is 4.48. The molecule has 0 bridgehead atoms. The highest BCUT2D eigenvalue weighted by Crippen LogP contribution is 2.51. The van der Waals surface area contributed by atoms with Crippen molar-refractivity contribution >= 4 is 11.8 Å². The molecule has 114 valence electrons. The molecule has 0 N–H and O–H groups in total. The van der Waals surface area contributed by atoms with Gasteiger partial charge in [0.1, 0.15) is 11.1 Å². The summed E-state index contributed by atoms with van der Waals surface area (Å²) < 4.78 is 0.263. The Labute approximate surface area is 133 Å². The molecule has 2 unspecified atom stereocenters. The Kier molecular flexibility index (Phi) is 5.70. The van der Waals surface area contributed by atoms with Crippen LogP contribution in [0, 0.1) is 23.2 Å². The fourth-order valence-corrected chi connectivity index (χ4v) is 5.13. The van der Waals surface area contributed by atoms with E-state index >= 15 is 0 Å². The second-order valence-corrected chi connectivity index (χ2v) is 7.76. The summed E-state index contributed by atoms with van der Waals surface area (Å²) in [5.41, 5.74) is 0.724. The predicted octanol–water partition coefficient (Wildman–Crippen LogP) is 5.43. The van der Waals surface area contributed by atoms with Gasteiger partial charge in [-0.2, -0.15) is 5.26 Å². The maximum Gasteiger partial charge on any atom is 0.114 e. The standard InChI is InChI=1S/C18H26N2S/c1-4-14-10-15(5-2)12-18(6-3,11-14)21-17-16(13-19)8-7-9-20-17/h7-9,14-15H,4-6,10-12H2,1-3H3. The first-order chi connectivity index (χ1) is 10.2. The zero-order chi connectivity index (χ0) is 15.3. The molecule has 0 radical (unpaired) electrons. The van der Waals surface area contributed by atoms with Gasteiger partial charge >= 0.3 is 0 Å². The molecule has 0 aromatic carbocycles. The van der Waals surface area contributed by atoms with Gasteiger partial charge in [0.2, 0.25) is 0 Å². The van der Waals surface area contributed by atoms with E-state index in [-0.39, 0.29) is 4.75 Å². The smallest absolute Gasteiger partial charge is 0.114 e. The van der Waals surface area contributed by atoms with Crippen LogP contribution in [0.15, 0.2) is 23.4 Å². The molecule has 1 aromatic rings. The lowest BCUT2D eigenvalue weighted by molar-refractivity contribution is 0.205. The molecule has 2 atom stereocenters. The van der Waals surface area contributed by atoms with Crippen LogP contribution in [0.3, 0.4) is 0 Å². The van der Waals surface area contributed by atoms with Crippen LogP contribution < -0.4 is 0 Å². The third-order valence-electron chi connectivity index (χ3n) is 4.99. The Balaban J connectivity index is 2.26. The molecule has 1 aromatic heterocycles. The maximum absolute atomic E-state index is 9.30. The van der Waals surface area contributed by atoms with Gasteiger partial charge in [-0.15, -0.1) is 0 Å². The number of hydrogen-bond donors (Lipinski definition) is 0. The molecule has 0 spiro atoms. The summed E-state index contributed by atoms with van der Waals surface area (Å²) in [6, 6.07) is 6.03. The van der Waals surface area contributed by atoms with Crippen LogP contribution in [-0.2, 0) is 0 Å². The van der Waals surface area contributed by atoms with Gasteiger partial charge in [0.05, 0.1) is 5.56 Å². The van der Waals surface area contributed by atoms with Crippen LogP contribution >= 0.6 is 11.8 Å². The molecule has 1 fully saturated rings. The highest BCUT2D eigenvalue weighted by atomic mass is 32.2. The van der Waals surface area contributed by atoms with E-state index in [4.69, 9.17) is 0 Å². The van der Waals surface area contributed by atoms with Crippen LogP contribution in [0.25, 0.3) is 0 Å². The number of aromatic nitrogens is 1. The topological polar surface area (TPSA) is 36.7 Å². The van der Waals surface area contributed by atoms with Crippen molar-refractivity contribution in [3.8, 4) is 6.07 Å². The predicted molar refractivity (Wildman–Crippen MR) is 89.2 cm³/mol. The lowest BCUT2D eigenvalue weighted by Crippen LogP contribution is -2.36. The molecule has 3 heteroatoms. The van der Waals surface area contributed by atoms with Gasteiger partial charge in [-0.1, -0.05) is 45.4 Å². The van der Waals surface area contributed by atoms with Gasteiger partial charge < -0.3 is 0 Å². The second kappa shape index (κ2) is 7.31. The van der Waals surface area contributed by atoms with Crippen molar-refractivity contribution in [2.75, 3.05) is 0 Å². The SMILES string of the molecule is CCC1CC(CC)CC(CC)(Sc2ncccc2C#N)C1. The Bertz CT molecular complexity index is 494. The van der Waals surface area contributed by atoms with E-state index < -0.39 is 0 Å². The van der Waals surface area contributed by atoms with Crippen LogP contribution in [0.4, 0.5) is 0 Å². The van der Waals surface area contributed by atoms with Crippen molar-refractivity contribution in [3.63, 3.8) is 0 Å². The van der Waals surface area contributed by atoms with Crippen molar-refractivity contribution in [1.29, 1.82) is 5.26 Å². The Hall–Kier alpha value is -1.01. The van der Waals surface area contributed by atoms with Gasteiger partial charge in [-0.3, -0.25) is 0 Å². The lowest BCUT2D eigenvalue weighted by Gasteiger charge is -2.43. The molecule has 1 heterocycles. The zero-order valence-electron chi connectivity index (χ0n) is 13.4. The van der Waals surface area contributed by atoms with E-state index in [9.17, 15) is 5.26 Å². The van der Waals surface area contributed by atoms with Crippen molar-refractivity contribution in [3.05, 3.63) is 23.9 Å². The number of nitriles is 1. The van der Waals surface area contributed by atoms with E-state index in [1.807, 2.05) is 30.1 Å². The minimum atomic E-state index is 0.263. The maximum atomic E-state index is 9.30. The summed E-state index contributed by atoms with van der Waals surface area (Å²) in [7, 11) is 0. The number of rotatable bonds is 5. The molecule has 1 saturated carbocycles.